The number of urea groups is 1. The lowest BCUT2D eigenvalue weighted by Gasteiger charge is -2.32. The van der Waals surface area contributed by atoms with E-state index in [-0.39, 0.29) is 18.0 Å². The van der Waals surface area contributed by atoms with Crippen LogP contribution >= 0.6 is 0 Å². The number of carbonyl (C=O) groups is 2. The summed E-state index contributed by atoms with van der Waals surface area (Å²) in [5, 5.41) is 13.8. The van der Waals surface area contributed by atoms with E-state index in [4.69, 9.17) is 9.84 Å². The van der Waals surface area contributed by atoms with Crippen molar-refractivity contribution in [2.75, 3.05) is 19.6 Å². The smallest absolute Gasteiger partial charge is 0.404 e. The summed E-state index contributed by atoms with van der Waals surface area (Å²) < 4.78 is 19.0. The molecule has 1 aliphatic heterocycles. The number of amides is 3. The lowest BCUT2D eigenvalue weighted by atomic mass is 10.1. The Morgan fingerprint density at radius 1 is 1.00 bits per heavy atom. The van der Waals surface area contributed by atoms with E-state index in [1.54, 1.807) is 17.0 Å². The molecule has 30 heavy (non-hydrogen) atoms. The van der Waals surface area contributed by atoms with Gasteiger partial charge in [0.2, 0.25) is 0 Å². The summed E-state index contributed by atoms with van der Waals surface area (Å²) in [7, 11) is 0. The minimum atomic E-state index is -1.02. The molecular weight excluding hydrogens is 389 g/mol. The van der Waals surface area contributed by atoms with Gasteiger partial charge in [0.1, 0.15) is 17.7 Å². The van der Waals surface area contributed by atoms with Gasteiger partial charge in [-0.05, 0) is 41.8 Å². The standard InChI is InChI=1S/C22H26FN3O4/c23-18-5-1-17(2-6-18)15-25-21(27)26-13-10-20(11-14-26)30-19-7-3-16(4-8-19)9-12-24-22(28)29/h1-8,20,24H,9-15H2,(H,25,27)(H,28,29). The summed E-state index contributed by atoms with van der Waals surface area (Å²) in [6, 6.07) is 13.6. The third-order valence-electron chi connectivity index (χ3n) is 5.00. The Hall–Kier alpha value is -3.29. The topological polar surface area (TPSA) is 90.9 Å². The van der Waals surface area contributed by atoms with Crippen molar-refractivity contribution in [1.82, 2.24) is 15.5 Å². The lowest BCUT2D eigenvalue weighted by molar-refractivity contribution is 0.111. The Morgan fingerprint density at radius 3 is 2.27 bits per heavy atom. The van der Waals surface area contributed by atoms with Crippen molar-refractivity contribution < 1.29 is 23.8 Å². The number of carboxylic acid groups (broad SMARTS) is 1. The van der Waals surface area contributed by atoms with Crippen LogP contribution in [0.2, 0.25) is 0 Å². The maximum atomic E-state index is 12.9. The maximum Gasteiger partial charge on any atom is 0.404 e. The molecule has 160 valence electrons. The van der Waals surface area contributed by atoms with E-state index < -0.39 is 6.09 Å². The number of ether oxygens (including phenoxy) is 1. The van der Waals surface area contributed by atoms with Gasteiger partial charge in [0.15, 0.2) is 0 Å². The molecule has 0 bridgehead atoms. The molecule has 3 rings (SSSR count). The Balaban J connectivity index is 1.38. The van der Waals surface area contributed by atoms with Crippen LogP contribution in [0.4, 0.5) is 14.0 Å². The Morgan fingerprint density at radius 2 is 1.63 bits per heavy atom. The molecule has 7 nitrogen and oxygen atoms in total. The van der Waals surface area contributed by atoms with Gasteiger partial charge in [0.05, 0.1) is 0 Å². The predicted octanol–water partition coefficient (Wildman–Crippen LogP) is 3.39. The number of likely N-dealkylation sites (tertiary alicyclic amines) is 1. The van der Waals surface area contributed by atoms with Gasteiger partial charge in [-0.25, -0.2) is 14.0 Å². The highest BCUT2D eigenvalue weighted by molar-refractivity contribution is 5.74. The van der Waals surface area contributed by atoms with Crippen LogP contribution in [0.5, 0.6) is 5.75 Å². The molecule has 0 aromatic heterocycles. The second-order valence-electron chi connectivity index (χ2n) is 7.22. The van der Waals surface area contributed by atoms with Gasteiger partial charge in [-0.1, -0.05) is 24.3 Å². The molecule has 2 aromatic carbocycles. The molecule has 1 fully saturated rings. The van der Waals surface area contributed by atoms with Crippen LogP contribution in [-0.4, -0.2) is 47.9 Å². The number of hydrogen-bond donors (Lipinski definition) is 3. The summed E-state index contributed by atoms with van der Waals surface area (Å²) >= 11 is 0. The van der Waals surface area contributed by atoms with E-state index in [2.05, 4.69) is 10.6 Å². The first-order valence-electron chi connectivity index (χ1n) is 9.99. The molecule has 0 saturated carbocycles. The van der Waals surface area contributed by atoms with Gasteiger partial charge in [0, 0.05) is 39.0 Å². The van der Waals surface area contributed by atoms with Gasteiger partial charge in [-0.15, -0.1) is 0 Å². The summed E-state index contributed by atoms with van der Waals surface area (Å²) in [6.45, 7) is 1.96. The van der Waals surface area contributed by atoms with Gasteiger partial charge >= 0.3 is 12.1 Å². The van der Waals surface area contributed by atoms with E-state index >= 15 is 0 Å². The molecule has 0 atom stereocenters. The highest BCUT2D eigenvalue weighted by atomic mass is 19.1. The fraction of sp³-hybridized carbons (Fsp3) is 0.364. The van der Waals surface area contributed by atoms with Crippen molar-refractivity contribution in [3.8, 4) is 5.75 Å². The summed E-state index contributed by atoms with van der Waals surface area (Å²) in [6.07, 6.45) is 1.14. The van der Waals surface area contributed by atoms with Crippen molar-refractivity contribution in [2.45, 2.75) is 31.9 Å². The van der Waals surface area contributed by atoms with E-state index in [1.807, 2.05) is 24.3 Å². The monoisotopic (exact) mass is 415 g/mol. The van der Waals surface area contributed by atoms with Crippen LogP contribution in [0, 0.1) is 5.82 Å². The first kappa shape index (κ1) is 21.4. The fourth-order valence-corrected chi connectivity index (χ4v) is 3.31. The van der Waals surface area contributed by atoms with Crippen molar-refractivity contribution in [3.63, 3.8) is 0 Å². The Bertz CT molecular complexity index is 834. The first-order chi connectivity index (χ1) is 14.5. The van der Waals surface area contributed by atoms with Crippen LogP contribution in [-0.2, 0) is 13.0 Å². The highest BCUT2D eigenvalue weighted by Gasteiger charge is 2.23. The average Bonchev–Trinajstić information content (AvgIpc) is 2.75. The zero-order valence-corrected chi connectivity index (χ0v) is 16.6. The SMILES string of the molecule is O=C(O)NCCc1ccc(OC2CCN(C(=O)NCc3ccc(F)cc3)CC2)cc1. The molecule has 2 aromatic rings. The largest absolute Gasteiger partial charge is 0.490 e. The second kappa shape index (κ2) is 10.5. The zero-order valence-electron chi connectivity index (χ0n) is 16.6. The summed E-state index contributed by atoms with van der Waals surface area (Å²) in [5.74, 6) is 0.473. The third kappa shape index (κ3) is 6.65. The van der Waals surface area contributed by atoms with Crippen LogP contribution in [0.3, 0.4) is 0 Å². The number of hydrogen-bond acceptors (Lipinski definition) is 3. The summed E-state index contributed by atoms with van der Waals surface area (Å²) in [5.41, 5.74) is 1.88. The maximum absolute atomic E-state index is 12.9. The molecule has 3 amide bonds. The fourth-order valence-electron chi connectivity index (χ4n) is 3.31. The quantitative estimate of drug-likeness (QED) is 0.647. The van der Waals surface area contributed by atoms with E-state index in [1.165, 1.54) is 12.1 Å². The molecule has 0 aliphatic carbocycles. The molecule has 0 spiro atoms. The van der Waals surface area contributed by atoms with Crippen molar-refractivity contribution in [1.29, 1.82) is 0 Å². The minimum absolute atomic E-state index is 0.0469. The number of nitrogens with one attached hydrogen (secondary N) is 2. The predicted molar refractivity (Wildman–Crippen MR) is 110 cm³/mol. The van der Waals surface area contributed by atoms with E-state index in [0.29, 0.717) is 32.6 Å². The van der Waals surface area contributed by atoms with Crippen molar-refractivity contribution in [2.24, 2.45) is 0 Å². The number of halogens is 1. The molecule has 8 heteroatoms. The van der Waals surface area contributed by atoms with Gasteiger partial charge in [-0.2, -0.15) is 0 Å². The second-order valence-corrected chi connectivity index (χ2v) is 7.22. The lowest BCUT2D eigenvalue weighted by Crippen LogP contribution is -2.46. The Labute approximate surface area is 174 Å². The van der Waals surface area contributed by atoms with Crippen LogP contribution in [0.1, 0.15) is 24.0 Å². The van der Waals surface area contributed by atoms with Crippen molar-refractivity contribution >= 4 is 12.1 Å². The normalized spacial score (nSPS) is 14.2. The van der Waals surface area contributed by atoms with Gasteiger partial charge in [-0.3, -0.25) is 0 Å². The molecule has 3 N–H and O–H groups in total. The van der Waals surface area contributed by atoms with Crippen molar-refractivity contribution in [3.05, 3.63) is 65.5 Å². The van der Waals surface area contributed by atoms with Crippen LogP contribution in [0.25, 0.3) is 0 Å². The first-order valence-corrected chi connectivity index (χ1v) is 9.99. The van der Waals surface area contributed by atoms with E-state index in [9.17, 15) is 14.0 Å². The molecule has 1 aliphatic rings. The molecule has 1 saturated heterocycles. The molecule has 0 radical (unpaired) electrons. The number of carbonyl (C=O) groups excluding carboxylic acids is 1. The zero-order chi connectivity index (χ0) is 21.3. The molecule has 0 unspecified atom stereocenters. The number of piperidine rings is 1. The third-order valence-corrected chi connectivity index (χ3v) is 5.00. The molecule has 1 heterocycles. The number of nitrogens with zero attached hydrogens (tertiary/aromatic N) is 1. The van der Waals surface area contributed by atoms with Crippen LogP contribution in [0.15, 0.2) is 48.5 Å². The highest BCUT2D eigenvalue weighted by Crippen LogP contribution is 2.20. The average molecular weight is 415 g/mol. The minimum Gasteiger partial charge on any atom is -0.490 e. The summed E-state index contributed by atoms with van der Waals surface area (Å²) in [4.78, 5) is 24.6. The molecular formula is C22H26FN3O4. The number of benzene rings is 2. The Kier molecular flexibility index (Phi) is 7.48. The van der Waals surface area contributed by atoms with Gasteiger partial charge < -0.3 is 25.4 Å². The number of rotatable bonds is 7. The van der Waals surface area contributed by atoms with Gasteiger partial charge in [0.25, 0.3) is 0 Å². The van der Waals surface area contributed by atoms with Crippen LogP contribution < -0.4 is 15.4 Å². The van der Waals surface area contributed by atoms with E-state index in [0.717, 1.165) is 29.7 Å².